The minimum Gasteiger partial charge on any atom is -0.464 e. The van der Waals surface area contributed by atoms with Crippen LogP contribution in [0.5, 0.6) is 0 Å². The van der Waals surface area contributed by atoms with Crippen LogP contribution in [-0.2, 0) is 9.53 Å². The molecule has 1 N–H and O–H groups in total. The summed E-state index contributed by atoms with van der Waals surface area (Å²) in [6, 6.07) is 0. The molecule has 15 heavy (non-hydrogen) atoms. The van der Waals surface area contributed by atoms with Crippen molar-refractivity contribution in [2.75, 3.05) is 19.7 Å². The quantitative estimate of drug-likeness (QED) is 0.414. The van der Waals surface area contributed by atoms with E-state index in [1.807, 2.05) is 0 Å². The van der Waals surface area contributed by atoms with Crippen LogP contribution in [0.4, 0.5) is 0 Å². The Morgan fingerprint density at radius 1 is 1.40 bits per heavy atom. The van der Waals surface area contributed by atoms with Crippen LogP contribution in [0.1, 0.15) is 32.1 Å². The minimum absolute atomic E-state index is 0.151. The lowest BCUT2D eigenvalue weighted by Crippen LogP contribution is -2.26. The van der Waals surface area contributed by atoms with Gasteiger partial charge in [0.25, 0.3) is 0 Å². The van der Waals surface area contributed by atoms with Gasteiger partial charge in [0.1, 0.15) is 0 Å². The maximum atomic E-state index is 11.2. The lowest BCUT2D eigenvalue weighted by molar-refractivity contribution is -0.144. The van der Waals surface area contributed by atoms with Gasteiger partial charge in [-0.3, -0.25) is 4.79 Å². The van der Waals surface area contributed by atoms with Crippen LogP contribution in [0.3, 0.4) is 0 Å². The van der Waals surface area contributed by atoms with Crippen LogP contribution in [0.15, 0.2) is 12.7 Å². The van der Waals surface area contributed by atoms with Crippen LogP contribution in [0.25, 0.3) is 0 Å². The fraction of sp³-hybridized carbons (Fsp3) is 0.750. The SMILES string of the molecule is C=CCNCC(=O)OCC1CCCCC1. The molecular weight excluding hydrogens is 190 g/mol. The van der Waals surface area contributed by atoms with E-state index in [4.69, 9.17) is 4.74 Å². The molecule has 0 aromatic heterocycles. The van der Waals surface area contributed by atoms with Crippen molar-refractivity contribution in [1.29, 1.82) is 0 Å². The van der Waals surface area contributed by atoms with E-state index in [0.717, 1.165) is 0 Å². The second-order valence-electron chi connectivity index (χ2n) is 4.11. The van der Waals surface area contributed by atoms with Crippen molar-refractivity contribution in [3.63, 3.8) is 0 Å². The summed E-state index contributed by atoms with van der Waals surface area (Å²) in [7, 11) is 0. The Kier molecular flexibility index (Phi) is 6.09. The molecule has 1 aliphatic rings. The molecule has 0 radical (unpaired) electrons. The molecule has 1 aliphatic carbocycles. The first-order valence-electron chi connectivity index (χ1n) is 5.80. The molecule has 1 rings (SSSR count). The van der Waals surface area contributed by atoms with E-state index in [2.05, 4.69) is 11.9 Å². The van der Waals surface area contributed by atoms with E-state index < -0.39 is 0 Å². The third kappa shape index (κ3) is 5.57. The Morgan fingerprint density at radius 3 is 2.80 bits per heavy atom. The molecule has 0 heterocycles. The van der Waals surface area contributed by atoms with Gasteiger partial charge in [-0.15, -0.1) is 6.58 Å². The van der Waals surface area contributed by atoms with E-state index >= 15 is 0 Å². The number of nitrogens with one attached hydrogen (secondary N) is 1. The van der Waals surface area contributed by atoms with E-state index in [0.29, 0.717) is 25.6 Å². The molecule has 0 atom stereocenters. The fourth-order valence-electron chi connectivity index (χ4n) is 1.89. The van der Waals surface area contributed by atoms with Crippen molar-refractivity contribution in [2.45, 2.75) is 32.1 Å². The zero-order valence-corrected chi connectivity index (χ0v) is 9.34. The minimum atomic E-state index is -0.151. The standard InChI is InChI=1S/C12H21NO2/c1-2-8-13-9-12(14)15-10-11-6-4-3-5-7-11/h2,11,13H,1,3-10H2. The highest BCUT2D eigenvalue weighted by Crippen LogP contribution is 2.23. The molecule has 0 saturated heterocycles. The Morgan fingerprint density at radius 2 is 2.13 bits per heavy atom. The molecule has 0 unspecified atom stereocenters. The van der Waals surface area contributed by atoms with Crippen LogP contribution in [0.2, 0.25) is 0 Å². The largest absolute Gasteiger partial charge is 0.464 e. The summed E-state index contributed by atoms with van der Waals surface area (Å²) in [6.45, 7) is 5.11. The molecule has 3 heteroatoms. The lowest BCUT2D eigenvalue weighted by Gasteiger charge is -2.20. The maximum absolute atomic E-state index is 11.2. The van der Waals surface area contributed by atoms with Crippen LogP contribution < -0.4 is 5.32 Å². The van der Waals surface area contributed by atoms with Gasteiger partial charge in [0.15, 0.2) is 0 Å². The van der Waals surface area contributed by atoms with Crippen LogP contribution in [0, 0.1) is 5.92 Å². The molecule has 0 aromatic carbocycles. The number of carbonyl (C=O) groups excluding carboxylic acids is 1. The third-order valence-corrected chi connectivity index (χ3v) is 2.76. The molecule has 0 spiro atoms. The van der Waals surface area contributed by atoms with E-state index in [1.54, 1.807) is 6.08 Å². The first-order valence-corrected chi connectivity index (χ1v) is 5.80. The topological polar surface area (TPSA) is 38.3 Å². The summed E-state index contributed by atoms with van der Waals surface area (Å²) >= 11 is 0. The molecule has 1 saturated carbocycles. The zero-order valence-electron chi connectivity index (χ0n) is 9.34. The third-order valence-electron chi connectivity index (χ3n) is 2.76. The zero-order chi connectivity index (χ0) is 10.9. The molecule has 0 bridgehead atoms. The van der Waals surface area contributed by atoms with Crippen molar-refractivity contribution >= 4 is 5.97 Å². The summed E-state index contributed by atoms with van der Waals surface area (Å²) in [6.07, 6.45) is 8.08. The smallest absolute Gasteiger partial charge is 0.319 e. The van der Waals surface area contributed by atoms with Gasteiger partial charge in [0.2, 0.25) is 0 Å². The van der Waals surface area contributed by atoms with Crippen molar-refractivity contribution in [3.05, 3.63) is 12.7 Å². The highest BCUT2D eigenvalue weighted by molar-refractivity contribution is 5.71. The van der Waals surface area contributed by atoms with Gasteiger partial charge in [-0.1, -0.05) is 25.3 Å². The molecule has 1 fully saturated rings. The average Bonchev–Trinajstić information content (AvgIpc) is 2.28. The molecule has 0 aromatic rings. The predicted molar refractivity (Wildman–Crippen MR) is 60.6 cm³/mol. The van der Waals surface area contributed by atoms with Crippen molar-refractivity contribution in [2.24, 2.45) is 5.92 Å². The van der Waals surface area contributed by atoms with Crippen molar-refractivity contribution < 1.29 is 9.53 Å². The van der Waals surface area contributed by atoms with Gasteiger partial charge in [0.05, 0.1) is 13.2 Å². The number of esters is 1. The van der Waals surface area contributed by atoms with E-state index in [9.17, 15) is 4.79 Å². The fourth-order valence-corrected chi connectivity index (χ4v) is 1.89. The number of ether oxygens (including phenoxy) is 1. The number of hydrogen-bond donors (Lipinski definition) is 1. The van der Waals surface area contributed by atoms with Gasteiger partial charge in [-0.05, 0) is 18.8 Å². The normalized spacial score (nSPS) is 17.3. The summed E-state index contributed by atoms with van der Waals surface area (Å²) in [4.78, 5) is 11.2. The van der Waals surface area contributed by atoms with Gasteiger partial charge < -0.3 is 10.1 Å². The average molecular weight is 211 g/mol. The number of rotatable bonds is 6. The summed E-state index contributed by atoms with van der Waals surface area (Å²) in [5.74, 6) is 0.449. The molecule has 0 amide bonds. The maximum Gasteiger partial charge on any atom is 0.319 e. The Balaban J connectivity index is 2.02. The van der Waals surface area contributed by atoms with Gasteiger partial charge in [-0.2, -0.15) is 0 Å². The summed E-state index contributed by atoms with van der Waals surface area (Å²) in [5, 5.41) is 2.93. The Labute approximate surface area is 91.9 Å². The number of carbonyl (C=O) groups is 1. The van der Waals surface area contributed by atoms with E-state index in [1.165, 1.54) is 32.1 Å². The predicted octanol–water partition coefficient (Wildman–Crippen LogP) is 1.89. The van der Waals surface area contributed by atoms with Crippen LogP contribution >= 0.6 is 0 Å². The first-order chi connectivity index (χ1) is 7.33. The molecule has 0 aliphatic heterocycles. The monoisotopic (exact) mass is 211 g/mol. The summed E-state index contributed by atoms with van der Waals surface area (Å²) < 4.78 is 5.19. The van der Waals surface area contributed by atoms with E-state index in [-0.39, 0.29) is 5.97 Å². The number of hydrogen-bond acceptors (Lipinski definition) is 3. The Hall–Kier alpha value is -0.830. The second-order valence-corrected chi connectivity index (χ2v) is 4.11. The van der Waals surface area contributed by atoms with Gasteiger partial charge in [0, 0.05) is 6.54 Å². The second kappa shape index (κ2) is 7.46. The Bertz CT molecular complexity index is 198. The lowest BCUT2D eigenvalue weighted by atomic mass is 9.90. The highest BCUT2D eigenvalue weighted by atomic mass is 16.5. The first kappa shape index (κ1) is 12.2. The van der Waals surface area contributed by atoms with Crippen molar-refractivity contribution in [1.82, 2.24) is 5.32 Å². The van der Waals surface area contributed by atoms with Gasteiger partial charge >= 0.3 is 5.97 Å². The summed E-state index contributed by atoms with van der Waals surface area (Å²) in [5.41, 5.74) is 0. The molecule has 3 nitrogen and oxygen atoms in total. The van der Waals surface area contributed by atoms with Crippen molar-refractivity contribution in [3.8, 4) is 0 Å². The van der Waals surface area contributed by atoms with Gasteiger partial charge in [-0.25, -0.2) is 0 Å². The molecule has 86 valence electrons. The molecular formula is C12H21NO2. The van der Waals surface area contributed by atoms with Crippen LogP contribution in [-0.4, -0.2) is 25.7 Å². The highest BCUT2D eigenvalue weighted by Gasteiger charge is 2.15.